The van der Waals surface area contributed by atoms with Crippen LogP contribution in [-0.4, -0.2) is 37.5 Å². The summed E-state index contributed by atoms with van der Waals surface area (Å²) >= 11 is 9.41. The number of nitrogens with one attached hydrogen (secondary N) is 1. The first kappa shape index (κ1) is 18.8. The maximum absolute atomic E-state index is 12.5. The summed E-state index contributed by atoms with van der Waals surface area (Å²) in [6, 6.07) is 5.35. The molecule has 118 valence electrons. The zero-order chi connectivity index (χ0) is 14.5. The summed E-state index contributed by atoms with van der Waals surface area (Å²) in [5, 5.41) is 3.78. The molecule has 0 bridgehead atoms. The Kier molecular flexibility index (Phi) is 8.03. The average Bonchev–Trinajstić information content (AvgIpc) is 2.47. The molecule has 1 N–H and O–H groups in total. The molecule has 3 nitrogen and oxygen atoms in total. The van der Waals surface area contributed by atoms with Crippen LogP contribution in [-0.2, 0) is 0 Å². The number of benzene rings is 1. The highest BCUT2D eigenvalue weighted by Crippen LogP contribution is 2.26. The fourth-order valence-electron chi connectivity index (χ4n) is 2.60. The van der Waals surface area contributed by atoms with E-state index in [4.69, 9.17) is 11.6 Å². The number of nitrogens with zero attached hydrogens (tertiary/aromatic N) is 1. The lowest BCUT2D eigenvalue weighted by Gasteiger charge is -2.32. The van der Waals surface area contributed by atoms with E-state index in [1.54, 1.807) is 12.1 Å². The van der Waals surface area contributed by atoms with Gasteiger partial charge in [-0.2, -0.15) is 0 Å². The van der Waals surface area contributed by atoms with Crippen LogP contribution in [0.2, 0.25) is 5.02 Å². The number of rotatable bonds is 4. The number of halogens is 3. The normalized spacial score (nSPS) is 15.7. The van der Waals surface area contributed by atoms with Crippen LogP contribution in [0.15, 0.2) is 22.7 Å². The van der Waals surface area contributed by atoms with Crippen molar-refractivity contribution in [3.8, 4) is 0 Å². The Hall–Kier alpha value is -0.290. The number of carbonyl (C=O) groups excluding carboxylic acids is 1. The highest BCUT2D eigenvalue weighted by atomic mass is 79.9. The van der Waals surface area contributed by atoms with Gasteiger partial charge in [-0.15, -0.1) is 12.4 Å². The zero-order valence-corrected chi connectivity index (χ0v) is 15.2. The predicted molar refractivity (Wildman–Crippen MR) is 93.6 cm³/mol. The Bertz CT molecular complexity index is 477. The minimum Gasteiger partial charge on any atom is -0.339 e. The molecular formula is C15H21BrCl2N2O. The summed E-state index contributed by atoms with van der Waals surface area (Å²) in [5.41, 5.74) is 0.658. The molecule has 21 heavy (non-hydrogen) atoms. The van der Waals surface area contributed by atoms with Crippen LogP contribution < -0.4 is 5.32 Å². The van der Waals surface area contributed by atoms with Crippen molar-refractivity contribution in [3.63, 3.8) is 0 Å². The van der Waals surface area contributed by atoms with E-state index in [9.17, 15) is 4.79 Å². The van der Waals surface area contributed by atoms with E-state index in [2.05, 4.69) is 21.2 Å². The second-order valence-electron chi connectivity index (χ2n) is 5.25. The maximum Gasteiger partial charge on any atom is 0.255 e. The second kappa shape index (κ2) is 8.99. The predicted octanol–water partition coefficient (Wildman–Crippen LogP) is 3.99. The molecule has 0 saturated carbocycles. The molecule has 1 amide bonds. The fourth-order valence-corrected chi connectivity index (χ4v) is 3.19. The highest BCUT2D eigenvalue weighted by Gasteiger charge is 2.24. The molecule has 1 aliphatic rings. The molecular weight excluding hydrogens is 375 g/mol. The number of piperidine rings is 1. The quantitative estimate of drug-likeness (QED) is 0.835. The molecule has 1 heterocycles. The van der Waals surface area contributed by atoms with Gasteiger partial charge < -0.3 is 10.2 Å². The van der Waals surface area contributed by atoms with Gasteiger partial charge in [0.2, 0.25) is 0 Å². The van der Waals surface area contributed by atoms with Crippen LogP contribution in [0, 0.1) is 5.92 Å². The number of amides is 1. The van der Waals surface area contributed by atoms with E-state index < -0.39 is 0 Å². The topological polar surface area (TPSA) is 32.3 Å². The fraction of sp³-hybridized carbons (Fsp3) is 0.533. The molecule has 0 aliphatic carbocycles. The minimum absolute atomic E-state index is 0. The van der Waals surface area contributed by atoms with Gasteiger partial charge in [0.25, 0.3) is 5.91 Å². The van der Waals surface area contributed by atoms with E-state index in [1.165, 1.54) is 6.42 Å². The number of hydrogen-bond acceptors (Lipinski definition) is 2. The van der Waals surface area contributed by atoms with Crippen LogP contribution in [0.25, 0.3) is 0 Å². The Labute approximate surface area is 146 Å². The standard InChI is InChI=1S/C15H20BrClN2O.ClH/c1-18-7-4-11-5-8-19(9-6-11)15(20)13-10-12(17)2-3-14(13)16;/h2-3,10-11,18H,4-9H2,1H3;1H. The van der Waals surface area contributed by atoms with Crippen LogP contribution >= 0.6 is 39.9 Å². The van der Waals surface area contributed by atoms with Crippen LogP contribution in [0.5, 0.6) is 0 Å². The molecule has 1 fully saturated rings. The minimum atomic E-state index is 0. The molecule has 1 aliphatic heterocycles. The van der Waals surface area contributed by atoms with Gasteiger partial charge in [-0.3, -0.25) is 4.79 Å². The van der Waals surface area contributed by atoms with Crippen molar-refractivity contribution >= 4 is 45.8 Å². The number of likely N-dealkylation sites (tertiary alicyclic amines) is 1. The van der Waals surface area contributed by atoms with Crippen LogP contribution in [0.4, 0.5) is 0 Å². The second-order valence-corrected chi connectivity index (χ2v) is 6.54. The van der Waals surface area contributed by atoms with Gasteiger partial charge in [-0.1, -0.05) is 11.6 Å². The molecule has 2 rings (SSSR count). The lowest BCUT2D eigenvalue weighted by Crippen LogP contribution is -2.39. The third kappa shape index (κ3) is 5.13. The Morgan fingerprint density at radius 1 is 1.43 bits per heavy atom. The molecule has 0 atom stereocenters. The van der Waals surface area contributed by atoms with Crippen molar-refractivity contribution in [2.45, 2.75) is 19.3 Å². The van der Waals surface area contributed by atoms with E-state index in [0.29, 0.717) is 10.6 Å². The molecule has 1 aromatic carbocycles. The van der Waals surface area contributed by atoms with E-state index in [1.807, 2.05) is 18.0 Å². The molecule has 6 heteroatoms. The van der Waals surface area contributed by atoms with Crippen molar-refractivity contribution in [1.29, 1.82) is 0 Å². The maximum atomic E-state index is 12.5. The smallest absolute Gasteiger partial charge is 0.255 e. The molecule has 0 unspecified atom stereocenters. The monoisotopic (exact) mass is 394 g/mol. The molecule has 1 saturated heterocycles. The van der Waals surface area contributed by atoms with Gasteiger partial charge in [-0.25, -0.2) is 0 Å². The van der Waals surface area contributed by atoms with Gasteiger partial charge >= 0.3 is 0 Å². The van der Waals surface area contributed by atoms with Crippen molar-refractivity contribution in [2.24, 2.45) is 5.92 Å². The molecule has 1 aromatic rings. The third-order valence-electron chi connectivity index (χ3n) is 3.86. The number of carbonyl (C=O) groups is 1. The van der Waals surface area contributed by atoms with Gasteiger partial charge in [0.05, 0.1) is 5.56 Å². The third-order valence-corrected chi connectivity index (χ3v) is 4.79. The summed E-state index contributed by atoms with van der Waals surface area (Å²) in [5.74, 6) is 0.806. The van der Waals surface area contributed by atoms with E-state index in [0.717, 1.165) is 42.9 Å². The Balaban J connectivity index is 0.00000220. The highest BCUT2D eigenvalue weighted by molar-refractivity contribution is 9.10. The van der Waals surface area contributed by atoms with Crippen molar-refractivity contribution < 1.29 is 4.79 Å². The molecule has 0 aromatic heterocycles. The van der Waals surface area contributed by atoms with Crippen LogP contribution in [0.3, 0.4) is 0 Å². The van der Waals surface area contributed by atoms with Gasteiger partial charge in [-0.05, 0) is 72.9 Å². The summed E-state index contributed by atoms with van der Waals surface area (Å²) in [6.07, 6.45) is 3.37. The first-order valence-electron chi connectivity index (χ1n) is 7.00. The molecule has 0 radical (unpaired) electrons. The summed E-state index contributed by atoms with van der Waals surface area (Å²) in [6.45, 7) is 2.73. The largest absolute Gasteiger partial charge is 0.339 e. The Morgan fingerprint density at radius 2 is 2.10 bits per heavy atom. The van der Waals surface area contributed by atoms with Gasteiger partial charge in [0.15, 0.2) is 0 Å². The van der Waals surface area contributed by atoms with Gasteiger partial charge in [0, 0.05) is 22.6 Å². The van der Waals surface area contributed by atoms with E-state index in [-0.39, 0.29) is 18.3 Å². The lowest BCUT2D eigenvalue weighted by molar-refractivity contribution is 0.0686. The summed E-state index contributed by atoms with van der Waals surface area (Å²) in [7, 11) is 1.98. The first-order chi connectivity index (χ1) is 9.61. The van der Waals surface area contributed by atoms with Crippen molar-refractivity contribution in [2.75, 3.05) is 26.7 Å². The summed E-state index contributed by atoms with van der Waals surface area (Å²) < 4.78 is 0.809. The lowest BCUT2D eigenvalue weighted by atomic mass is 9.93. The van der Waals surface area contributed by atoms with E-state index >= 15 is 0 Å². The zero-order valence-electron chi connectivity index (χ0n) is 12.1. The average molecular weight is 396 g/mol. The Morgan fingerprint density at radius 3 is 2.71 bits per heavy atom. The van der Waals surface area contributed by atoms with Crippen LogP contribution in [0.1, 0.15) is 29.6 Å². The molecule has 0 spiro atoms. The first-order valence-corrected chi connectivity index (χ1v) is 8.18. The SMILES string of the molecule is CNCCC1CCN(C(=O)c2cc(Cl)ccc2Br)CC1.Cl. The van der Waals surface area contributed by atoms with Crippen molar-refractivity contribution in [1.82, 2.24) is 10.2 Å². The van der Waals surface area contributed by atoms with Crippen molar-refractivity contribution in [3.05, 3.63) is 33.3 Å². The summed E-state index contributed by atoms with van der Waals surface area (Å²) in [4.78, 5) is 14.5. The number of hydrogen-bond donors (Lipinski definition) is 1. The van der Waals surface area contributed by atoms with Gasteiger partial charge in [0.1, 0.15) is 0 Å².